The molecule has 1 amide bonds. The quantitative estimate of drug-likeness (QED) is 0.494. The summed E-state index contributed by atoms with van der Waals surface area (Å²) < 4.78 is 0. The minimum Gasteiger partial charge on any atom is -0.390 e. The third-order valence-electron chi connectivity index (χ3n) is 3.20. The molecule has 0 aromatic heterocycles. The minimum atomic E-state index is -0.366. The number of aliphatic hydroxyl groups excluding tert-OH is 1. The Morgan fingerprint density at radius 2 is 2.29 bits per heavy atom. The molecule has 80 valence electrons. The van der Waals surface area contributed by atoms with E-state index in [1.165, 1.54) is 0 Å². The molecule has 2 aliphatic heterocycles. The Labute approximate surface area is 83.3 Å². The van der Waals surface area contributed by atoms with Crippen LogP contribution in [0.25, 0.3) is 0 Å². The van der Waals surface area contributed by atoms with Crippen LogP contribution in [0.15, 0.2) is 0 Å². The maximum Gasteiger partial charge on any atom is 0.234 e. The van der Waals surface area contributed by atoms with Crippen molar-refractivity contribution in [2.24, 2.45) is 5.73 Å². The zero-order chi connectivity index (χ0) is 10.1. The van der Waals surface area contributed by atoms with Gasteiger partial charge in [0.25, 0.3) is 0 Å². The van der Waals surface area contributed by atoms with Crippen LogP contribution in [-0.2, 0) is 4.79 Å². The zero-order valence-electron chi connectivity index (χ0n) is 8.15. The van der Waals surface area contributed by atoms with Gasteiger partial charge in [-0.1, -0.05) is 0 Å². The molecule has 0 aliphatic carbocycles. The molecule has 0 saturated carbocycles. The number of nitrogens with two attached hydrogens (primary N) is 1. The van der Waals surface area contributed by atoms with Gasteiger partial charge in [0.1, 0.15) is 0 Å². The van der Waals surface area contributed by atoms with E-state index in [1.54, 1.807) is 0 Å². The predicted molar refractivity (Wildman–Crippen MR) is 51.6 cm³/mol. The lowest BCUT2D eigenvalue weighted by atomic mass is 10.1. The van der Waals surface area contributed by atoms with Crippen LogP contribution in [0, 0.1) is 0 Å². The van der Waals surface area contributed by atoms with Gasteiger partial charge < -0.3 is 16.2 Å². The molecule has 0 radical (unpaired) electrons. The third-order valence-corrected chi connectivity index (χ3v) is 3.20. The Bertz CT molecular complexity index is 234. The number of amides is 1. The first-order valence-electron chi connectivity index (χ1n) is 5.14. The van der Waals surface area contributed by atoms with Crippen LogP contribution in [0.1, 0.15) is 12.8 Å². The number of nitrogens with zero attached hydrogens (tertiary/aromatic N) is 1. The highest BCUT2D eigenvalue weighted by Crippen LogP contribution is 2.22. The van der Waals surface area contributed by atoms with Gasteiger partial charge in [-0.05, 0) is 19.4 Å². The highest BCUT2D eigenvalue weighted by molar-refractivity contribution is 5.80. The molecule has 2 saturated heterocycles. The van der Waals surface area contributed by atoms with Crippen molar-refractivity contribution < 1.29 is 9.90 Å². The van der Waals surface area contributed by atoms with Gasteiger partial charge in [0.05, 0.1) is 18.2 Å². The summed E-state index contributed by atoms with van der Waals surface area (Å²) in [5.41, 5.74) is 5.32. The maximum absolute atomic E-state index is 11.2. The summed E-state index contributed by atoms with van der Waals surface area (Å²) in [4.78, 5) is 13.2. The van der Waals surface area contributed by atoms with Crippen molar-refractivity contribution in [3.05, 3.63) is 0 Å². The molecule has 0 aromatic rings. The number of likely N-dealkylation sites (tertiary alicyclic amines) is 1. The van der Waals surface area contributed by atoms with Crippen LogP contribution in [0.3, 0.4) is 0 Å². The average molecular weight is 199 g/mol. The molecule has 5 nitrogen and oxygen atoms in total. The maximum atomic E-state index is 11.2. The normalized spacial score (nSPS) is 39.1. The van der Waals surface area contributed by atoms with Gasteiger partial charge in [-0.2, -0.15) is 0 Å². The van der Waals surface area contributed by atoms with Crippen molar-refractivity contribution in [3.8, 4) is 0 Å². The number of carbonyl (C=O) groups is 1. The summed E-state index contributed by atoms with van der Waals surface area (Å²) in [6, 6.07) is -0.107. The highest BCUT2D eigenvalue weighted by atomic mass is 16.3. The lowest BCUT2D eigenvalue weighted by Crippen LogP contribution is -2.50. The van der Waals surface area contributed by atoms with Gasteiger partial charge in [-0.25, -0.2) is 0 Å². The lowest BCUT2D eigenvalue weighted by Gasteiger charge is -2.29. The van der Waals surface area contributed by atoms with E-state index in [4.69, 9.17) is 5.73 Å². The van der Waals surface area contributed by atoms with Crippen molar-refractivity contribution >= 4 is 5.91 Å². The van der Waals surface area contributed by atoms with Gasteiger partial charge in [-0.3, -0.25) is 9.69 Å². The van der Waals surface area contributed by atoms with E-state index in [2.05, 4.69) is 5.32 Å². The zero-order valence-corrected chi connectivity index (χ0v) is 8.15. The predicted octanol–water partition coefficient (Wildman–Crippen LogP) is -1.73. The van der Waals surface area contributed by atoms with E-state index >= 15 is 0 Å². The molecule has 3 atom stereocenters. The van der Waals surface area contributed by atoms with E-state index in [0.717, 1.165) is 25.9 Å². The first-order valence-corrected chi connectivity index (χ1v) is 5.14. The summed E-state index contributed by atoms with van der Waals surface area (Å²) in [7, 11) is 0. The fraction of sp³-hybridized carbons (Fsp3) is 0.889. The van der Waals surface area contributed by atoms with Crippen LogP contribution in [0.5, 0.6) is 0 Å². The van der Waals surface area contributed by atoms with Crippen LogP contribution in [-0.4, -0.2) is 53.7 Å². The second kappa shape index (κ2) is 3.84. The second-order valence-electron chi connectivity index (χ2n) is 4.09. The van der Waals surface area contributed by atoms with Gasteiger partial charge in [0.15, 0.2) is 0 Å². The van der Waals surface area contributed by atoms with Crippen LogP contribution < -0.4 is 11.1 Å². The number of aliphatic hydroxyl groups is 1. The fourth-order valence-corrected chi connectivity index (χ4v) is 2.48. The van der Waals surface area contributed by atoms with E-state index in [9.17, 15) is 9.90 Å². The number of nitrogens with one attached hydrogen (secondary N) is 1. The molecule has 2 rings (SSSR count). The Hall–Kier alpha value is -0.650. The van der Waals surface area contributed by atoms with Crippen LogP contribution in [0.2, 0.25) is 0 Å². The van der Waals surface area contributed by atoms with E-state index in [0.29, 0.717) is 6.54 Å². The Balaban J connectivity index is 2.05. The molecule has 0 bridgehead atoms. The Morgan fingerprint density at radius 1 is 1.50 bits per heavy atom. The molecule has 14 heavy (non-hydrogen) atoms. The number of hydrogen-bond donors (Lipinski definition) is 3. The standard InChI is InChI=1S/C9H17N3O2/c10-9(14)6-2-1-3-12(6)7-4-11-5-8(7)13/h6-8,11,13H,1-5H2,(H2,10,14). The highest BCUT2D eigenvalue weighted by Gasteiger charge is 2.39. The van der Waals surface area contributed by atoms with Crippen molar-refractivity contribution in [1.29, 1.82) is 0 Å². The van der Waals surface area contributed by atoms with E-state index in [1.807, 2.05) is 4.90 Å². The van der Waals surface area contributed by atoms with Crippen LogP contribution in [0.4, 0.5) is 0 Å². The first kappa shape index (κ1) is 9.89. The van der Waals surface area contributed by atoms with Crippen molar-refractivity contribution in [3.63, 3.8) is 0 Å². The second-order valence-corrected chi connectivity index (χ2v) is 4.09. The topological polar surface area (TPSA) is 78.6 Å². The van der Waals surface area contributed by atoms with E-state index < -0.39 is 0 Å². The summed E-state index contributed by atoms with van der Waals surface area (Å²) in [6.07, 6.45) is 1.46. The largest absolute Gasteiger partial charge is 0.390 e. The first-order chi connectivity index (χ1) is 6.70. The minimum absolute atomic E-state index is 0.0648. The molecule has 2 heterocycles. The van der Waals surface area contributed by atoms with Gasteiger partial charge in [-0.15, -0.1) is 0 Å². The molecule has 0 spiro atoms. The number of rotatable bonds is 2. The van der Waals surface area contributed by atoms with Gasteiger partial charge in [0, 0.05) is 13.1 Å². The number of hydrogen-bond acceptors (Lipinski definition) is 4. The Kier molecular flexibility index (Phi) is 2.71. The smallest absolute Gasteiger partial charge is 0.234 e. The fourth-order valence-electron chi connectivity index (χ4n) is 2.48. The molecule has 0 aromatic carbocycles. The molecule has 2 fully saturated rings. The summed E-state index contributed by atoms with van der Waals surface area (Å²) >= 11 is 0. The Morgan fingerprint density at radius 3 is 2.86 bits per heavy atom. The summed E-state index contributed by atoms with van der Waals surface area (Å²) in [6.45, 7) is 2.24. The molecular weight excluding hydrogens is 182 g/mol. The van der Waals surface area contributed by atoms with Gasteiger partial charge in [0.2, 0.25) is 5.91 Å². The average Bonchev–Trinajstić information content (AvgIpc) is 2.70. The summed E-state index contributed by atoms with van der Waals surface area (Å²) in [5.74, 6) is -0.262. The van der Waals surface area contributed by atoms with E-state index in [-0.39, 0.29) is 24.1 Å². The van der Waals surface area contributed by atoms with Crippen LogP contribution >= 0.6 is 0 Å². The van der Waals surface area contributed by atoms with Crippen molar-refractivity contribution in [2.45, 2.75) is 31.0 Å². The number of primary amides is 1. The SMILES string of the molecule is NC(=O)C1CCCN1C1CNCC1O. The molecule has 4 N–H and O–H groups in total. The number of β-amino-alcohol motifs (C(OH)–C–C–N with tert-alkyl or cyclic N) is 1. The monoisotopic (exact) mass is 199 g/mol. The van der Waals surface area contributed by atoms with Crippen molar-refractivity contribution in [2.75, 3.05) is 19.6 Å². The summed E-state index contributed by atoms with van der Waals surface area (Å²) in [5, 5.41) is 12.8. The molecule has 5 heteroatoms. The lowest BCUT2D eigenvalue weighted by molar-refractivity contribution is -0.123. The van der Waals surface area contributed by atoms with Crippen molar-refractivity contribution in [1.82, 2.24) is 10.2 Å². The molecule has 3 unspecified atom stereocenters. The molecule has 2 aliphatic rings. The number of carbonyl (C=O) groups excluding carboxylic acids is 1. The molecular formula is C9H17N3O2. The third kappa shape index (κ3) is 1.63. The van der Waals surface area contributed by atoms with Gasteiger partial charge >= 0.3 is 0 Å².